The Morgan fingerprint density at radius 1 is 1.53 bits per heavy atom. The standard InChI is InChI=1S/C15H21BrN2O/c1-3-18-8-7-12(10-18)9-17-15(19)13-5-4-6-14(16)11(13)2/h4-6,12H,3,7-10H2,1-2H3,(H,17,19). The van der Waals surface area contributed by atoms with Crippen LogP contribution in [0, 0.1) is 12.8 Å². The molecule has 1 aliphatic rings. The number of nitrogens with zero attached hydrogens (tertiary/aromatic N) is 1. The third-order valence-corrected chi connectivity index (χ3v) is 4.74. The van der Waals surface area contributed by atoms with Gasteiger partial charge in [-0.05, 0) is 50.0 Å². The zero-order valence-corrected chi connectivity index (χ0v) is 13.2. The van der Waals surface area contributed by atoms with E-state index in [1.54, 1.807) is 0 Å². The zero-order valence-electron chi connectivity index (χ0n) is 11.6. The summed E-state index contributed by atoms with van der Waals surface area (Å²) in [4.78, 5) is 14.6. The van der Waals surface area contributed by atoms with Gasteiger partial charge >= 0.3 is 0 Å². The Morgan fingerprint density at radius 2 is 2.32 bits per heavy atom. The Bertz CT molecular complexity index is 461. The molecule has 4 heteroatoms. The van der Waals surface area contributed by atoms with Crippen LogP contribution in [-0.4, -0.2) is 37.0 Å². The van der Waals surface area contributed by atoms with E-state index in [9.17, 15) is 4.79 Å². The van der Waals surface area contributed by atoms with E-state index in [0.717, 1.165) is 41.8 Å². The number of nitrogens with one attached hydrogen (secondary N) is 1. The highest BCUT2D eigenvalue weighted by Crippen LogP contribution is 2.20. The van der Waals surface area contributed by atoms with Crippen LogP contribution in [0.15, 0.2) is 22.7 Å². The number of carbonyl (C=O) groups excluding carboxylic acids is 1. The summed E-state index contributed by atoms with van der Waals surface area (Å²) in [5.41, 5.74) is 1.77. The van der Waals surface area contributed by atoms with Crippen molar-refractivity contribution in [3.8, 4) is 0 Å². The summed E-state index contributed by atoms with van der Waals surface area (Å²) in [6, 6.07) is 5.74. The van der Waals surface area contributed by atoms with Gasteiger partial charge in [0, 0.05) is 23.1 Å². The molecule has 0 bridgehead atoms. The van der Waals surface area contributed by atoms with E-state index < -0.39 is 0 Å². The van der Waals surface area contributed by atoms with Gasteiger partial charge in [0.15, 0.2) is 0 Å². The molecule has 1 atom stereocenters. The fourth-order valence-electron chi connectivity index (χ4n) is 2.55. The Hall–Kier alpha value is -0.870. The van der Waals surface area contributed by atoms with Crippen molar-refractivity contribution < 1.29 is 4.79 Å². The first kappa shape index (κ1) is 14.5. The molecular weight excluding hydrogens is 304 g/mol. The molecule has 1 heterocycles. The smallest absolute Gasteiger partial charge is 0.251 e. The Kier molecular flexibility index (Phi) is 4.99. The first-order chi connectivity index (χ1) is 9.11. The number of amides is 1. The molecule has 1 aromatic carbocycles. The maximum absolute atomic E-state index is 12.2. The van der Waals surface area contributed by atoms with E-state index in [1.807, 2.05) is 25.1 Å². The van der Waals surface area contributed by atoms with Crippen molar-refractivity contribution in [3.05, 3.63) is 33.8 Å². The van der Waals surface area contributed by atoms with Gasteiger partial charge in [-0.15, -0.1) is 0 Å². The zero-order chi connectivity index (χ0) is 13.8. The molecule has 1 aromatic rings. The van der Waals surface area contributed by atoms with Crippen LogP contribution in [0.1, 0.15) is 29.3 Å². The molecule has 0 saturated carbocycles. The molecule has 1 unspecified atom stereocenters. The molecule has 1 aliphatic heterocycles. The van der Waals surface area contributed by atoms with Crippen LogP contribution in [0.25, 0.3) is 0 Å². The number of rotatable bonds is 4. The van der Waals surface area contributed by atoms with E-state index in [-0.39, 0.29) is 5.91 Å². The molecule has 2 rings (SSSR count). The molecule has 0 aromatic heterocycles. The minimum Gasteiger partial charge on any atom is -0.352 e. The van der Waals surface area contributed by atoms with Crippen molar-refractivity contribution in [1.29, 1.82) is 0 Å². The highest BCUT2D eigenvalue weighted by Gasteiger charge is 2.21. The predicted octanol–water partition coefficient (Wildman–Crippen LogP) is 2.83. The van der Waals surface area contributed by atoms with E-state index in [1.165, 1.54) is 6.42 Å². The van der Waals surface area contributed by atoms with Crippen molar-refractivity contribution in [2.24, 2.45) is 5.92 Å². The lowest BCUT2D eigenvalue weighted by atomic mass is 10.1. The second-order valence-corrected chi connectivity index (χ2v) is 6.02. The average molecular weight is 325 g/mol. The summed E-state index contributed by atoms with van der Waals surface area (Å²) < 4.78 is 0.984. The largest absolute Gasteiger partial charge is 0.352 e. The molecular formula is C15H21BrN2O. The third-order valence-electron chi connectivity index (χ3n) is 3.88. The molecule has 1 N–H and O–H groups in total. The molecule has 1 fully saturated rings. The van der Waals surface area contributed by atoms with Crippen LogP contribution in [0.3, 0.4) is 0 Å². The van der Waals surface area contributed by atoms with E-state index in [4.69, 9.17) is 0 Å². The third kappa shape index (κ3) is 3.57. The number of hydrogen-bond donors (Lipinski definition) is 1. The predicted molar refractivity (Wildman–Crippen MR) is 81.4 cm³/mol. The molecule has 19 heavy (non-hydrogen) atoms. The van der Waals surface area contributed by atoms with Gasteiger partial charge in [-0.2, -0.15) is 0 Å². The van der Waals surface area contributed by atoms with Crippen LogP contribution in [0.5, 0.6) is 0 Å². The van der Waals surface area contributed by atoms with Gasteiger partial charge in [-0.3, -0.25) is 4.79 Å². The maximum Gasteiger partial charge on any atom is 0.251 e. The minimum absolute atomic E-state index is 0.0359. The SMILES string of the molecule is CCN1CCC(CNC(=O)c2cccc(Br)c2C)C1. The molecule has 0 spiro atoms. The summed E-state index contributed by atoms with van der Waals surface area (Å²) in [6.45, 7) is 8.30. The Morgan fingerprint density at radius 3 is 3.00 bits per heavy atom. The van der Waals surface area contributed by atoms with Gasteiger partial charge in [0.1, 0.15) is 0 Å². The first-order valence-electron chi connectivity index (χ1n) is 6.87. The van der Waals surface area contributed by atoms with Crippen molar-refractivity contribution in [3.63, 3.8) is 0 Å². The second kappa shape index (κ2) is 6.53. The van der Waals surface area contributed by atoms with Crippen LogP contribution in [0.4, 0.5) is 0 Å². The lowest BCUT2D eigenvalue weighted by Gasteiger charge is -2.14. The fourth-order valence-corrected chi connectivity index (χ4v) is 2.92. The highest BCUT2D eigenvalue weighted by molar-refractivity contribution is 9.10. The number of carbonyl (C=O) groups is 1. The molecule has 3 nitrogen and oxygen atoms in total. The highest BCUT2D eigenvalue weighted by atomic mass is 79.9. The minimum atomic E-state index is 0.0359. The quantitative estimate of drug-likeness (QED) is 0.923. The van der Waals surface area contributed by atoms with Crippen molar-refractivity contribution >= 4 is 21.8 Å². The van der Waals surface area contributed by atoms with Crippen molar-refractivity contribution in [2.45, 2.75) is 20.3 Å². The molecule has 0 radical (unpaired) electrons. The normalized spacial score (nSPS) is 19.6. The fraction of sp³-hybridized carbons (Fsp3) is 0.533. The van der Waals surface area contributed by atoms with E-state index in [0.29, 0.717) is 5.92 Å². The summed E-state index contributed by atoms with van der Waals surface area (Å²) in [7, 11) is 0. The number of likely N-dealkylation sites (tertiary alicyclic amines) is 1. The monoisotopic (exact) mass is 324 g/mol. The average Bonchev–Trinajstić information content (AvgIpc) is 2.87. The van der Waals surface area contributed by atoms with Crippen LogP contribution in [-0.2, 0) is 0 Å². The summed E-state index contributed by atoms with van der Waals surface area (Å²) in [6.07, 6.45) is 1.19. The van der Waals surface area contributed by atoms with E-state index >= 15 is 0 Å². The van der Waals surface area contributed by atoms with Crippen molar-refractivity contribution in [2.75, 3.05) is 26.2 Å². The Labute approximate surface area is 123 Å². The summed E-state index contributed by atoms with van der Waals surface area (Å²) in [5.74, 6) is 0.630. The number of hydrogen-bond acceptors (Lipinski definition) is 2. The summed E-state index contributed by atoms with van der Waals surface area (Å²) in [5, 5.41) is 3.07. The number of benzene rings is 1. The topological polar surface area (TPSA) is 32.3 Å². The van der Waals surface area contributed by atoms with Gasteiger partial charge in [-0.25, -0.2) is 0 Å². The Balaban J connectivity index is 1.90. The van der Waals surface area contributed by atoms with Crippen LogP contribution < -0.4 is 5.32 Å². The van der Waals surface area contributed by atoms with Crippen molar-refractivity contribution in [1.82, 2.24) is 10.2 Å². The van der Waals surface area contributed by atoms with Gasteiger partial charge in [-0.1, -0.05) is 28.9 Å². The lowest BCUT2D eigenvalue weighted by molar-refractivity contribution is 0.0946. The molecule has 0 aliphatic carbocycles. The maximum atomic E-state index is 12.2. The molecule has 1 amide bonds. The van der Waals surface area contributed by atoms with Crippen LogP contribution >= 0.6 is 15.9 Å². The van der Waals surface area contributed by atoms with E-state index in [2.05, 4.69) is 33.1 Å². The van der Waals surface area contributed by atoms with Gasteiger partial charge in [0.2, 0.25) is 0 Å². The molecule has 104 valence electrons. The van der Waals surface area contributed by atoms with Gasteiger partial charge < -0.3 is 10.2 Å². The van der Waals surface area contributed by atoms with Gasteiger partial charge in [0.25, 0.3) is 5.91 Å². The van der Waals surface area contributed by atoms with Gasteiger partial charge in [0.05, 0.1) is 0 Å². The first-order valence-corrected chi connectivity index (χ1v) is 7.66. The van der Waals surface area contributed by atoms with Crippen LogP contribution in [0.2, 0.25) is 0 Å². The number of halogens is 1. The second-order valence-electron chi connectivity index (χ2n) is 5.17. The summed E-state index contributed by atoms with van der Waals surface area (Å²) >= 11 is 3.46. The molecule has 1 saturated heterocycles. The lowest BCUT2D eigenvalue weighted by Crippen LogP contribution is -2.31.